The molecular weight excluding hydrogens is 311 g/mol. The minimum absolute atomic E-state index is 0.0243. The maximum absolute atomic E-state index is 13.7. The van der Waals surface area contributed by atoms with Crippen LogP contribution in [0, 0.1) is 11.2 Å². The molecular formula is C14H21FN2O2S2. The fourth-order valence-corrected chi connectivity index (χ4v) is 4.43. The molecule has 0 amide bonds. The van der Waals surface area contributed by atoms with E-state index in [0.717, 1.165) is 29.9 Å². The molecule has 2 rings (SSSR count). The Bertz CT molecular complexity index is 617. The molecule has 0 aromatic heterocycles. The molecule has 1 heterocycles. The van der Waals surface area contributed by atoms with Crippen LogP contribution >= 0.6 is 11.8 Å². The third kappa shape index (κ3) is 4.51. The first kappa shape index (κ1) is 16.4. The van der Waals surface area contributed by atoms with Gasteiger partial charge in [-0.25, -0.2) is 12.8 Å². The normalized spacial score (nSPS) is 21.8. The lowest BCUT2D eigenvalue weighted by atomic mass is 9.82. The van der Waals surface area contributed by atoms with Crippen LogP contribution in [-0.2, 0) is 10.0 Å². The number of anilines is 2. The summed E-state index contributed by atoms with van der Waals surface area (Å²) in [6, 6.07) is 4.69. The van der Waals surface area contributed by atoms with Crippen molar-refractivity contribution in [2.45, 2.75) is 26.3 Å². The van der Waals surface area contributed by atoms with Crippen LogP contribution in [0.1, 0.15) is 20.3 Å². The van der Waals surface area contributed by atoms with Crippen molar-refractivity contribution in [3.8, 4) is 0 Å². The summed E-state index contributed by atoms with van der Waals surface area (Å²) >= 11 is 1.89. The van der Waals surface area contributed by atoms with E-state index in [0.29, 0.717) is 0 Å². The largest absolute Gasteiger partial charge is 0.381 e. The summed E-state index contributed by atoms with van der Waals surface area (Å²) in [5.41, 5.74) is 0.858. The van der Waals surface area contributed by atoms with E-state index >= 15 is 0 Å². The number of thioether (sulfide) groups is 1. The Kier molecular flexibility index (Phi) is 4.72. The van der Waals surface area contributed by atoms with E-state index in [1.807, 2.05) is 11.8 Å². The van der Waals surface area contributed by atoms with Gasteiger partial charge < -0.3 is 5.32 Å². The highest BCUT2D eigenvalue weighted by Gasteiger charge is 2.32. The highest BCUT2D eigenvalue weighted by molar-refractivity contribution is 7.99. The maximum Gasteiger partial charge on any atom is 0.229 e. The predicted octanol–water partition coefficient (Wildman–Crippen LogP) is 3.14. The summed E-state index contributed by atoms with van der Waals surface area (Å²) in [7, 11) is -3.49. The van der Waals surface area contributed by atoms with Gasteiger partial charge in [-0.05, 0) is 35.8 Å². The van der Waals surface area contributed by atoms with Crippen molar-refractivity contribution in [3.63, 3.8) is 0 Å². The van der Waals surface area contributed by atoms with Crippen LogP contribution in [0.2, 0.25) is 0 Å². The van der Waals surface area contributed by atoms with Crippen molar-refractivity contribution < 1.29 is 12.8 Å². The quantitative estimate of drug-likeness (QED) is 0.889. The summed E-state index contributed by atoms with van der Waals surface area (Å²) in [4.78, 5) is 0. The van der Waals surface area contributed by atoms with E-state index in [9.17, 15) is 12.8 Å². The SMILES string of the molecule is CC1(C)CCSCC1Nc1ccc(F)c(NS(C)(=O)=O)c1. The Morgan fingerprint density at radius 2 is 2.10 bits per heavy atom. The molecule has 0 aliphatic carbocycles. The molecule has 1 fully saturated rings. The van der Waals surface area contributed by atoms with Gasteiger partial charge in [0, 0.05) is 17.5 Å². The average molecular weight is 332 g/mol. The van der Waals surface area contributed by atoms with Gasteiger partial charge >= 0.3 is 0 Å². The van der Waals surface area contributed by atoms with Gasteiger partial charge in [-0.1, -0.05) is 13.8 Å². The third-order valence-corrected chi connectivity index (χ3v) is 5.37. The Hall–Kier alpha value is -0.950. The molecule has 1 aromatic rings. The van der Waals surface area contributed by atoms with E-state index in [1.165, 1.54) is 12.1 Å². The predicted molar refractivity (Wildman–Crippen MR) is 88.0 cm³/mol. The summed E-state index contributed by atoms with van der Waals surface area (Å²) in [6.07, 6.45) is 2.12. The number of halogens is 1. The number of benzene rings is 1. The average Bonchev–Trinajstić information content (AvgIpc) is 2.34. The first-order valence-electron chi connectivity index (χ1n) is 6.79. The standard InChI is InChI=1S/C14H21FN2O2S2/c1-14(2)6-7-20-9-13(14)16-10-4-5-11(15)12(8-10)17-21(3,18)19/h4-5,8,13,16-17H,6-7,9H2,1-3H3. The highest BCUT2D eigenvalue weighted by Crippen LogP contribution is 2.36. The topological polar surface area (TPSA) is 58.2 Å². The maximum atomic E-state index is 13.7. The fourth-order valence-electron chi connectivity index (χ4n) is 2.27. The Morgan fingerprint density at radius 3 is 2.71 bits per heavy atom. The lowest BCUT2D eigenvalue weighted by molar-refractivity contribution is 0.305. The van der Waals surface area contributed by atoms with Crippen molar-refractivity contribution in [3.05, 3.63) is 24.0 Å². The van der Waals surface area contributed by atoms with Crippen LogP contribution in [0.4, 0.5) is 15.8 Å². The summed E-state index contributed by atoms with van der Waals surface area (Å²) in [5.74, 6) is 1.55. The number of rotatable bonds is 4. The molecule has 2 N–H and O–H groups in total. The molecule has 1 aliphatic heterocycles. The Morgan fingerprint density at radius 1 is 1.38 bits per heavy atom. The second-order valence-electron chi connectivity index (χ2n) is 6.08. The zero-order valence-electron chi connectivity index (χ0n) is 12.4. The molecule has 7 heteroatoms. The molecule has 1 aliphatic rings. The van der Waals surface area contributed by atoms with Crippen LogP contribution < -0.4 is 10.0 Å². The monoisotopic (exact) mass is 332 g/mol. The van der Waals surface area contributed by atoms with Gasteiger partial charge in [0.15, 0.2) is 0 Å². The second-order valence-corrected chi connectivity index (χ2v) is 8.98. The molecule has 21 heavy (non-hydrogen) atoms. The third-order valence-electron chi connectivity index (χ3n) is 3.72. The summed E-state index contributed by atoms with van der Waals surface area (Å²) < 4.78 is 38.4. The molecule has 1 unspecified atom stereocenters. The van der Waals surface area contributed by atoms with Crippen molar-refractivity contribution in [2.75, 3.05) is 27.8 Å². The molecule has 0 saturated carbocycles. The van der Waals surface area contributed by atoms with E-state index in [1.54, 1.807) is 6.07 Å². The highest BCUT2D eigenvalue weighted by atomic mass is 32.2. The molecule has 0 radical (unpaired) electrons. The second kappa shape index (κ2) is 6.04. The molecule has 1 saturated heterocycles. The molecule has 118 valence electrons. The number of nitrogens with one attached hydrogen (secondary N) is 2. The molecule has 0 bridgehead atoms. The minimum atomic E-state index is -3.49. The van der Waals surface area contributed by atoms with Crippen LogP contribution in [-0.4, -0.2) is 32.2 Å². The summed E-state index contributed by atoms with van der Waals surface area (Å²) in [6.45, 7) is 4.42. The smallest absolute Gasteiger partial charge is 0.229 e. The van der Waals surface area contributed by atoms with Crippen LogP contribution in [0.5, 0.6) is 0 Å². The lowest BCUT2D eigenvalue weighted by Crippen LogP contribution is -2.41. The molecule has 1 atom stereocenters. The van der Waals surface area contributed by atoms with Crippen LogP contribution in [0.15, 0.2) is 18.2 Å². The molecule has 0 spiro atoms. The van der Waals surface area contributed by atoms with Gasteiger partial charge in [-0.15, -0.1) is 0 Å². The van der Waals surface area contributed by atoms with Gasteiger partial charge in [0.1, 0.15) is 5.82 Å². The summed E-state index contributed by atoms with van der Waals surface area (Å²) in [5, 5.41) is 3.40. The number of hydrogen-bond donors (Lipinski definition) is 2. The Labute approximate surface area is 129 Å². The van der Waals surface area contributed by atoms with Crippen molar-refractivity contribution in [1.82, 2.24) is 0 Å². The lowest BCUT2D eigenvalue weighted by Gasteiger charge is -2.39. The zero-order chi connectivity index (χ0) is 15.7. The van der Waals surface area contributed by atoms with Gasteiger partial charge in [0.2, 0.25) is 10.0 Å². The van der Waals surface area contributed by atoms with Crippen LogP contribution in [0.3, 0.4) is 0 Å². The van der Waals surface area contributed by atoms with Gasteiger partial charge in [0.25, 0.3) is 0 Å². The van der Waals surface area contributed by atoms with Crippen LogP contribution in [0.25, 0.3) is 0 Å². The van der Waals surface area contributed by atoms with Crippen molar-refractivity contribution >= 4 is 33.2 Å². The van der Waals surface area contributed by atoms with Gasteiger partial charge in [-0.3, -0.25) is 4.72 Å². The zero-order valence-corrected chi connectivity index (χ0v) is 14.1. The Balaban J connectivity index is 2.19. The molecule has 4 nitrogen and oxygen atoms in total. The van der Waals surface area contributed by atoms with Gasteiger partial charge in [0.05, 0.1) is 11.9 Å². The van der Waals surface area contributed by atoms with Crippen molar-refractivity contribution in [1.29, 1.82) is 0 Å². The molecule has 1 aromatic carbocycles. The van der Waals surface area contributed by atoms with Crippen molar-refractivity contribution in [2.24, 2.45) is 5.41 Å². The minimum Gasteiger partial charge on any atom is -0.381 e. The first-order chi connectivity index (χ1) is 9.67. The fraction of sp³-hybridized carbons (Fsp3) is 0.571. The van der Waals surface area contributed by atoms with E-state index in [4.69, 9.17) is 0 Å². The van der Waals surface area contributed by atoms with Gasteiger partial charge in [-0.2, -0.15) is 11.8 Å². The number of sulfonamides is 1. The number of hydrogen-bond acceptors (Lipinski definition) is 4. The van der Waals surface area contributed by atoms with E-state index in [-0.39, 0.29) is 17.1 Å². The van der Waals surface area contributed by atoms with E-state index < -0.39 is 15.8 Å². The first-order valence-corrected chi connectivity index (χ1v) is 9.84. The van der Waals surface area contributed by atoms with E-state index in [2.05, 4.69) is 23.9 Å².